The number of pyridine rings is 1. The molecule has 1 aliphatic rings. The predicted octanol–water partition coefficient (Wildman–Crippen LogP) is 1.24. The Bertz CT molecular complexity index is 644. The zero-order chi connectivity index (χ0) is 14.2. The van der Waals surface area contributed by atoms with E-state index in [1.54, 1.807) is 11.8 Å². The Morgan fingerprint density at radius 1 is 1.55 bits per heavy atom. The Labute approximate surface area is 120 Å². The van der Waals surface area contributed by atoms with Crippen LogP contribution in [0.2, 0.25) is 0 Å². The first-order valence-corrected chi connectivity index (χ1v) is 7.34. The van der Waals surface area contributed by atoms with E-state index in [1.807, 2.05) is 28.8 Å². The molecule has 2 aromatic rings. The van der Waals surface area contributed by atoms with Crippen molar-refractivity contribution in [3.8, 4) is 0 Å². The number of methoxy groups -OCH3 is 1. The Morgan fingerprint density at radius 2 is 2.40 bits per heavy atom. The molecule has 0 aliphatic heterocycles. The molecule has 0 aromatic carbocycles. The molecule has 2 unspecified atom stereocenters. The third-order valence-corrected chi connectivity index (χ3v) is 4.88. The van der Waals surface area contributed by atoms with Crippen molar-refractivity contribution in [1.29, 1.82) is 0 Å². The minimum absolute atomic E-state index is 0.256. The highest BCUT2D eigenvalue weighted by molar-refractivity contribution is 7.99. The molecule has 2 heterocycles. The van der Waals surface area contributed by atoms with Crippen molar-refractivity contribution in [2.24, 2.45) is 5.73 Å². The van der Waals surface area contributed by atoms with E-state index >= 15 is 0 Å². The molecule has 3 rings (SSSR count). The number of hydrogen-bond acceptors (Lipinski definition) is 6. The topological polar surface area (TPSA) is 82.5 Å². The summed E-state index contributed by atoms with van der Waals surface area (Å²) in [4.78, 5) is 11.7. The molecule has 106 valence electrons. The Kier molecular flexibility index (Phi) is 3.39. The van der Waals surface area contributed by atoms with Crippen LogP contribution < -0.4 is 5.73 Å². The first-order valence-electron chi connectivity index (χ1n) is 6.46. The normalized spacial score (nSPS) is 26.0. The summed E-state index contributed by atoms with van der Waals surface area (Å²) in [5.74, 6) is -0.327. The summed E-state index contributed by atoms with van der Waals surface area (Å²) in [6.45, 7) is 0. The third kappa shape index (κ3) is 2.27. The van der Waals surface area contributed by atoms with E-state index < -0.39 is 5.54 Å². The summed E-state index contributed by atoms with van der Waals surface area (Å²) in [5, 5.41) is 9.40. The summed E-state index contributed by atoms with van der Waals surface area (Å²) in [5.41, 5.74) is 6.08. The Morgan fingerprint density at radius 3 is 3.20 bits per heavy atom. The molecule has 0 amide bonds. The molecule has 6 nitrogen and oxygen atoms in total. The summed E-state index contributed by atoms with van der Waals surface area (Å²) >= 11 is 1.62. The summed E-state index contributed by atoms with van der Waals surface area (Å²) in [6.07, 6.45) is 4.06. The van der Waals surface area contributed by atoms with Crippen LogP contribution in [0.15, 0.2) is 29.6 Å². The number of nitrogens with two attached hydrogens (primary N) is 1. The molecule has 0 bridgehead atoms. The van der Waals surface area contributed by atoms with Gasteiger partial charge in [-0.2, -0.15) is 0 Å². The molecule has 2 N–H and O–H groups in total. The monoisotopic (exact) mass is 292 g/mol. The van der Waals surface area contributed by atoms with Crippen molar-refractivity contribution in [1.82, 2.24) is 14.6 Å². The highest BCUT2D eigenvalue weighted by atomic mass is 32.2. The number of aromatic nitrogens is 3. The Hall–Kier alpha value is -1.60. The quantitative estimate of drug-likeness (QED) is 0.857. The molecule has 0 spiro atoms. The van der Waals surface area contributed by atoms with Crippen LogP contribution >= 0.6 is 11.8 Å². The van der Waals surface area contributed by atoms with Crippen molar-refractivity contribution >= 4 is 23.4 Å². The summed E-state index contributed by atoms with van der Waals surface area (Å²) in [6, 6.07) is 5.78. The maximum Gasteiger partial charge on any atom is 0.325 e. The van der Waals surface area contributed by atoms with Gasteiger partial charge in [-0.3, -0.25) is 9.20 Å². The molecule has 0 radical (unpaired) electrons. The molecule has 20 heavy (non-hydrogen) atoms. The number of esters is 1. The molecule has 1 saturated carbocycles. The van der Waals surface area contributed by atoms with Gasteiger partial charge in [0.15, 0.2) is 10.8 Å². The SMILES string of the molecule is COC(=O)C1(N)CCC(Sc2nnc3ccccn23)C1. The van der Waals surface area contributed by atoms with Crippen molar-refractivity contribution in [2.75, 3.05) is 7.11 Å². The van der Waals surface area contributed by atoms with Crippen molar-refractivity contribution in [3.05, 3.63) is 24.4 Å². The van der Waals surface area contributed by atoms with Crippen molar-refractivity contribution < 1.29 is 9.53 Å². The van der Waals surface area contributed by atoms with Crippen LogP contribution in [0.5, 0.6) is 0 Å². The smallest absolute Gasteiger partial charge is 0.325 e. The zero-order valence-corrected chi connectivity index (χ0v) is 12.0. The average Bonchev–Trinajstić information content (AvgIpc) is 3.04. The van der Waals surface area contributed by atoms with E-state index in [9.17, 15) is 4.79 Å². The predicted molar refractivity (Wildman–Crippen MR) is 75.4 cm³/mol. The molecule has 2 atom stereocenters. The van der Waals surface area contributed by atoms with E-state index in [2.05, 4.69) is 10.2 Å². The highest BCUT2D eigenvalue weighted by Gasteiger charge is 2.43. The van der Waals surface area contributed by atoms with Gasteiger partial charge in [0.25, 0.3) is 0 Å². The van der Waals surface area contributed by atoms with Crippen molar-refractivity contribution in [3.63, 3.8) is 0 Å². The number of nitrogens with zero attached hydrogens (tertiary/aromatic N) is 3. The van der Waals surface area contributed by atoms with Gasteiger partial charge in [0.05, 0.1) is 7.11 Å². The van der Waals surface area contributed by atoms with Crippen LogP contribution in [0.4, 0.5) is 0 Å². The van der Waals surface area contributed by atoms with Crippen LogP contribution in [0.25, 0.3) is 5.65 Å². The van der Waals surface area contributed by atoms with Crippen LogP contribution in [-0.2, 0) is 9.53 Å². The number of carbonyl (C=O) groups is 1. The minimum atomic E-state index is -0.854. The third-order valence-electron chi connectivity index (χ3n) is 3.65. The second-order valence-corrected chi connectivity index (χ2v) is 6.31. The van der Waals surface area contributed by atoms with E-state index in [0.717, 1.165) is 17.2 Å². The average molecular weight is 292 g/mol. The molecular formula is C13H16N4O2S. The van der Waals surface area contributed by atoms with Crippen molar-refractivity contribution in [2.45, 2.75) is 35.2 Å². The standard InChI is InChI=1S/C13H16N4O2S/c1-19-11(18)13(14)6-5-9(8-13)20-12-16-15-10-4-2-3-7-17(10)12/h2-4,7,9H,5-6,8,14H2,1H3. The number of ether oxygens (including phenoxy) is 1. The molecule has 1 fully saturated rings. The second-order valence-electron chi connectivity index (χ2n) is 5.04. The number of thioether (sulfide) groups is 1. The number of fused-ring (bicyclic) bond motifs is 1. The lowest BCUT2D eigenvalue weighted by Crippen LogP contribution is -2.46. The van der Waals surface area contributed by atoms with Gasteiger partial charge in [0.2, 0.25) is 0 Å². The zero-order valence-electron chi connectivity index (χ0n) is 11.2. The second kappa shape index (κ2) is 5.06. The molecule has 7 heteroatoms. The molecule has 2 aromatic heterocycles. The fourth-order valence-electron chi connectivity index (χ4n) is 2.57. The maximum atomic E-state index is 11.7. The summed E-state index contributed by atoms with van der Waals surface area (Å²) < 4.78 is 6.73. The molecular weight excluding hydrogens is 276 g/mol. The number of hydrogen-bond donors (Lipinski definition) is 1. The van der Waals surface area contributed by atoms with E-state index in [0.29, 0.717) is 12.8 Å². The lowest BCUT2D eigenvalue weighted by molar-refractivity contribution is -0.146. The Balaban J connectivity index is 1.75. The van der Waals surface area contributed by atoms with Gasteiger partial charge in [-0.15, -0.1) is 10.2 Å². The van der Waals surface area contributed by atoms with Crippen LogP contribution in [-0.4, -0.2) is 38.5 Å². The number of carbonyl (C=O) groups excluding carboxylic acids is 1. The van der Waals surface area contributed by atoms with Crippen LogP contribution in [0.1, 0.15) is 19.3 Å². The van der Waals surface area contributed by atoms with Crippen LogP contribution in [0, 0.1) is 0 Å². The lowest BCUT2D eigenvalue weighted by Gasteiger charge is -2.20. The largest absolute Gasteiger partial charge is 0.468 e. The van der Waals surface area contributed by atoms with E-state index in [4.69, 9.17) is 10.5 Å². The molecule has 0 saturated heterocycles. The molecule has 1 aliphatic carbocycles. The fraction of sp³-hybridized carbons (Fsp3) is 0.462. The van der Waals surface area contributed by atoms with Gasteiger partial charge in [0, 0.05) is 11.4 Å². The maximum absolute atomic E-state index is 11.7. The summed E-state index contributed by atoms with van der Waals surface area (Å²) in [7, 11) is 1.38. The van der Waals surface area contributed by atoms with Gasteiger partial charge in [0.1, 0.15) is 5.54 Å². The van der Waals surface area contributed by atoms with Gasteiger partial charge in [-0.05, 0) is 31.4 Å². The van der Waals surface area contributed by atoms with E-state index in [-0.39, 0.29) is 11.2 Å². The first-order chi connectivity index (χ1) is 9.62. The van der Waals surface area contributed by atoms with Gasteiger partial charge >= 0.3 is 5.97 Å². The fourth-order valence-corrected chi connectivity index (χ4v) is 3.84. The first kappa shape index (κ1) is 13.4. The van der Waals surface area contributed by atoms with E-state index in [1.165, 1.54) is 7.11 Å². The number of rotatable bonds is 3. The highest BCUT2D eigenvalue weighted by Crippen LogP contribution is 2.39. The minimum Gasteiger partial charge on any atom is -0.468 e. The van der Waals surface area contributed by atoms with Gasteiger partial charge < -0.3 is 10.5 Å². The lowest BCUT2D eigenvalue weighted by atomic mass is 10.00. The van der Waals surface area contributed by atoms with Gasteiger partial charge in [-0.1, -0.05) is 17.8 Å². The van der Waals surface area contributed by atoms with Gasteiger partial charge in [-0.25, -0.2) is 0 Å². The van der Waals surface area contributed by atoms with Crippen LogP contribution in [0.3, 0.4) is 0 Å².